The minimum absolute atomic E-state index is 0.0251. The Labute approximate surface area is 183 Å². The summed E-state index contributed by atoms with van der Waals surface area (Å²) in [6.07, 6.45) is 4.42. The second kappa shape index (κ2) is 11.4. The minimum atomic E-state index is -0.606. The Hall–Kier alpha value is -3.02. The van der Waals surface area contributed by atoms with Crippen LogP contribution in [0.5, 0.6) is 0 Å². The Morgan fingerprint density at radius 3 is 2.19 bits per heavy atom. The molecule has 1 heterocycles. The number of ketones is 3. The number of esters is 1. The summed E-state index contributed by atoms with van der Waals surface area (Å²) >= 11 is 0. The number of Topliss-reactive ketones (excluding diaryl/α,β-unsaturated/α-hetero) is 3. The van der Waals surface area contributed by atoms with E-state index in [-0.39, 0.29) is 30.1 Å². The third-order valence-corrected chi connectivity index (χ3v) is 5.33. The Bertz CT molecular complexity index is 953. The highest BCUT2D eigenvalue weighted by molar-refractivity contribution is 6.04. The molecular weight excluding hydrogens is 394 g/mol. The lowest BCUT2D eigenvalue weighted by Crippen LogP contribution is -2.16. The van der Waals surface area contributed by atoms with Gasteiger partial charge in [-0.1, -0.05) is 44.0 Å². The number of aromatic nitrogens is 1. The molecule has 1 N–H and O–H groups in total. The Kier molecular flexibility index (Phi) is 8.91. The highest BCUT2D eigenvalue weighted by atomic mass is 16.5. The highest BCUT2D eigenvalue weighted by Gasteiger charge is 2.21. The Morgan fingerprint density at radius 1 is 0.935 bits per heavy atom. The van der Waals surface area contributed by atoms with E-state index in [0.29, 0.717) is 22.4 Å². The summed E-state index contributed by atoms with van der Waals surface area (Å²) in [6, 6.07) is 7.49. The number of ether oxygens (including phenoxy) is 1. The molecule has 0 bridgehead atoms. The third-order valence-electron chi connectivity index (χ3n) is 5.33. The fourth-order valence-corrected chi connectivity index (χ4v) is 3.64. The Balaban J connectivity index is 1.81. The third kappa shape index (κ3) is 6.74. The van der Waals surface area contributed by atoms with Crippen molar-refractivity contribution in [1.82, 2.24) is 4.98 Å². The van der Waals surface area contributed by atoms with Gasteiger partial charge in [-0.2, -0.15) is 0 Å². The second-order valence-electron chi connectivity index (χ2n) is 7.84. The predicted molar refractivity (Wildman–Crippen MR) is 119 cm³/mol. The maximum Gasteiger partial charge on any atom is 0.306 e. The van der Waals surface area contributed by atoms with Gasteiger partial charge in [-0.25, -0.2) is 0 Å². The van der Waals surface area contributed by atoms with Crippen LogP contribution in [-0.4, -0.2) is 34.9 Å². The molecule has 0 aliphatic rings. The van der Waals surface area contributed by atoms with Gasteiger partial charge in [0.2, 0.25) is 5.78 Å². The summed E-state index contributed by atoms with van der Waals surface area (Å²) in [5.74, 6) is -1.28. The SMILES string of the molecule is CCCCCc1ccc(C(=O)CCC(=O)OCC(=O)c2[nH]c(C)c(C(C)=O)c2C)cc1. The van der Waals surface area contributed by atoms with Crippen molar-refractivity contribution in [2.75, 3.05) is 6.61 Å². The van der Waals surface area contributed by atoms with Crippen LogP contribution in [0.25, 0.3) is 0 Å². The van der Waals surface area contributed by atoms with Gasteiger partial charge in [0.15, 0.2) is 18.2 Å². The molecule has 1 aromatic heterocycles. The van der Waals surface area contributed by atoms with Gasteiger partial charge < -0.3 is 9.72 Å². The summed E-state index contributed by atoms with van der Waals surface area (Å²) < 4.78 is 5.04. The smallest absolute Gasteiger partial charge is 0.306 e. The molecule has 6 heteroatoms. The number of carbonyl (C=O) groups is 4. The van der Waals surface area contributed by atoms with E-state index >= 15 is 0 Å². The van der Waals surface area contributed by atoms with E-state index in [1.807, 2.05) is 12.1 Å². The normalized spacial score (nSPS) is 10.7. The molecule has 0 fully saturated rings. The molecule has 0 aliphatic heterocycles. The molecule has 0 spiro atoms. The second-order valence-corrected chi connectivity index (χ2v) is 7.84. The van der Waals surface area contributed by atoms with E-state index in [1.54, 1.807) is 26.0 Å². The van der Waals surface area contributed by atoms with Crippen molar-refractivity contribution >= 4 is 23.3 Å². The zero-order valence-corrected chi connectivity index (χ0v) is 18.8. The monoisotopic (exact) mass is 425 g/mol. The van der Waals surface area contributed by atoms with Crippen LogP contribution in [0.15, 0.2) is 24.3 Å². The van der Waals surface area contributed by atoms with Crippen molar-refractivity contribution < 1.29 is 23.9 Å². The number of aromatic amines is 1. The van der Waals surface area contributed by atoms with E-state index in [9.17, 15) is 19.2 Å². The molecule has 2 aromatic rings. The van der Waals surface area contributed by atoms with Gasteiger partial charge in [0.05, 0.1) is 12.1 Å². The summed E-state index contributed by atoms with van der Waals surface area (Å²) in [4.78, 5) is 51.2. The van der Waals surface area contributed by atoms with Crippen LogP contribution in [0.1, 0.15) is 94.0 Å². The van der Waals surface area contributed by atoms with E-state index < -0.39 is 18.4 Å². The largest absolute Gasteiger partial charge is 0.457 e. The average molecular weight is 426 g/mol. The van der Waals surface area contributed by atoms with E-state index in [1.165, 1.54) is 25.3 Å². The molecule has 31 heavy (non-hydrogen) atoms. The van der Waals surface area contributed by atoms with Crippen molar-refractivity contribution in [2.45, 2.75) is 66.2 Å². The Morgan fingerprint density at radius 2 is 1.61 bits per heavy atom. The number of hydrogen-bond acceptors (Lipinski definition) is 5. The molecule has 1 aromatic carbocycles. The molecule has 0 saturated carbocycles. The zero-order valence-electron chi connectivity index (χ0n) is 18.8. The first-order chi connectivity index (χ1) is 14.7. The van der Waals surface area contributed by atoms with Crippen LogP contribution in [0, 0.1) is 13.8 Å². The lowest BCUT2D eigenvalue weighted by atomic mass is 10.0. The van der Waals surface area contributed by atoms with Gasteiger partial charge >= 0.3 is 5.97 Å². The summed E-state index contributed by atoms with van der Waals surface area (Å²) in [6.45, 7) is 6.57. The summed E-state index contributed by atoms with van der Waals surface area (Å²) in [5.41, 5.74) is 3.69. The zero-order chi connectivity index (χ0) is 23.0. The van der Waals surface area contributed by atoms with Crippen molar-refractivity contribution in [3.8, 4) is 0 Å². The van der Waals surface area contributed by atoms with Crippen molar-refractivity contribution in [1.29, 1.82) is 0 Å². The maximum absolute atomic E-state index is 12.4. The van der Waals surface area contributed by atoms with Gasteiger partial charge in [-0.15, -0.1) is 0 Å². The van der Waals surface area contributed by atoms with Gasteiger partial charge in [0.25, 0.3) is 0 Å². The van der Waals surface area contributed by atoms with E-state index in [4.69, 9.17) is 4.74 Å². The van der Waals surface area contributed by atoms with Crippen molar-refractivity contribution in [3.63, 3.8) is 0 Å². The number of hydrogen-bond donors (Lipinski definition) is 1. The van der Waals surface area contributed by atoms with Crippen molar-refractivity contribution in [3.05, 3.63) is 57.9 Å². The van der Waals surface area contributed by atoms with Crippen LogP contribution < -0.4 is 0 Å². The molecule has 6 nitrogen and oxygen atoms in total. The first-order valence-corrected chi connectivity index (χ1v) is 10.8. The number of unbranched alkanes of at least 4 members (excludes halogenated alkanes) is 2. The number of nitrogens with one attached hydrogen (secondary N) is 1. The number of benzene rings is 1. The van der Waals surface area contributed by atoms with Crippen LogP contribution in [0.4, 0.5) is 0 Å². The molecule has 2 rings (SSSR count). The number of aryl methyl sites for hydroxylation is 2. The van der Waals surface area contributed by atoms with Gasteiger partial charge in [-0.3, -0.25) is 19.2 Å². The molecule has 166 valence electrons. The number of rotatable bonds is 12. The van der Waals surface area contributed by atoms with Crippen LogP contribution in [0.3, 0.4) is 0 Å². The average Bonchev–Trinajstić information content (AvgIpc) is 3.05. The van der Waals surface area contributed by atoms with Crippen LogP contribution >= 0.6 is 0 Å². The molecular formula is C25H31NO5. The highest BCUT2D eigenvalue weighted by Crippen LogP contribution is 2.19. The lowest BCUT2D eigenvalue weighted by Gasteiger charge is -2.06. The van der Waals surface area contributed by atoms with Crippen LogP contribution in [-0.2, 0) is 16.0 Å². The molecule has 0 amide bonds. The molecule has 0 saturated heterocycles. The summed E-state index contributed by atoms with van der Waals surface area (Å²) in [7, 11) is 0. The first kappa shape index (κ1) is 24.3. The first-order valence-electron chi connectivity index (χ1n) is 10.8. The maximum atomic E-state index is 12.4. The number of carbonyl (C=O) groups excluding carboxylic acids is 4. The molecule has 0 atom stereocenters. The van der Waals surface area contributed by atoms with E-state index in [2.05, 4.69) is 11.9 Å². The van der Waals surface area contributed by atoms with Crippen LogP contribution in [0.2, 0.25) is 0 Å². The minimum Gasteiger partial charge on any atom is -0.457 e. The van der Waals surface area contributed by atoms with Crippen molar-refractivity contribution in [2.24, 2.45) is 0 Å². The predicted octanol–water partition coefficient (Wildman–Crippen LogP) is 4.96. The summed E-state index contributed by atoms with van der Waals surface area (Å²) in [5, 5.41) is 0. The van der Waals surface area contributed by atoms with Gasteiger partial charge in [0.1, 0.15) is 0 Å². The fourth-order valence-electron chi connectivity index (χ4n) is 3.64. The number of H-pyrrole nitrogens is 1. The van der Waals surface area contributed by atoms with Gasteiger partial charge in [-0.05, 0) is 44.7 Å². The van der Waals surface area contributed by atoms with Gasteiger partial charge in [0, 0.05) is 23.2 Å². The lowest BCUT2D eigenvalue weighted by molar-refractivity contribution is -0.142. The quantitative estimate of drug-likeness (QED) is 0.295. The standard InChI is InChI=1S/C25H31NO5/c1-5-6-7-8-19-9-11-20(12-10-19)21(28)13-14-23(30)31-15-22(29)25-16(2)24(18(4)27)17(3)26-25/h9-12,26H,5-8,13-15H2,1-4H3. The van der Waals surface area contributed by atoms with E-state index in [0.717, 1.165) is 12.8 Å². The molecule has 0 radical (unpaired) electrons. The topological polar surface area (TPSA) is 93.3 Å². The molecule has 0 aliphatic carbocycles. The molecule has 0 unspecified atom stereocenters. The fraction of sp³-hybridized carbons (Fsp3) is 0.440.